The van der Waals surface area contributed by atoms with Gasteiger partial charge in [-0.2, -0.15) is 0 Å². The molecule has 1 aliphatic carbocycles. The monoisotopic (exact) mass is 708 g/mol. The molecule has 6 atom stereocenters. The van der Waals surface area contributed by atoms with Gasteiger partial charge in [-0.15, -0.1) is 0 Å². The fraction of sp³-hybridized carbons (Fsp3) is 0.300. The highest BCUT2D eigenvalue weighted by Crippen LogP contribution is 2.53. The lowest BCUT2D eigenvalue weighted by Crippen LogP contribution is -2.67. The number of phosphoric ester groups is 4. The first-order chi connectivity index (χ1) is 20.1. The highest BCUT2D eigenvalue weighted by Gasteiger charge is 2.62. The largest absolute Gasteiger partial charge is 0.470 e. The van der Waals surface area contributed by atoms with Crippen LogP contribution in [0.15, 0.2) is 60.7 Å². The minimum Gasteiger partial charge on any atom is -0.453 e. The van der Waals surface area contributed by atoms with Crippen molar-refractivity contribution in [2.24, 2.45) is 0 Å². The number of hydrogen-bond donors (Lipinski definition) is 8. The second-order valence-corrected chi connectivity index (χ2v) is 13.5. The summed E-state index contributed by atoms with van der Waals surface area (Å²) >= 11 is 0. The van der Waals surface area contributed by atoms with Crippen LogP contribution in [-0.2, 0) is 45.8 Å². The third-order valence-electron chi connectivity index (χ3n) is 5.48. The van der Waals surface area contributed by atoms with E-state index < -0.39 is 79.9 Å². The van der Waals surface area contributed by atoms with Crippen molar-refractivity contribution < 1.29 is 94.6 Å². The van der Waals surface area contributed by atoms with Gasteiger partial charge < -0.3 is 48.6 Å². The summed E-state index contributed by atoms with van der Waals surface area (Å²) in [6, 6.07) is 12.9. The Hall–Kier alpha value is -2.18. The molecule has 8 N–H and O–H groups in total. The molecule has 3 rings (SSSR count). The smallest absolute Gasteiger partial charge is 0.453 e. The molecule has 1 aliphatic rings. The number of rotatable bonds is 12. The number of esters is 2. The Morgan fingerprint density at radius 1 is 0.432 bits per heavy atom. The van der Waals surface area contributed by atoms with Crippen LogP contribution in [0, 0.1) is 0 Å². The van der Waals surface area contributed by atoms with E-state index in [2.05, 4.69) is 18.1 Å². The molecule has 0 spiro atoms. The number of benzene rings is 2. The molecule has 0 heterocycles. The molecular weight excluding hydrogens is 684 g/mol. The first kappa shape index (κ1) is 36.3. The first-order valence-corrected chi connectivity index (χ1v) is 17.7. The van der Waals surface area contributed by atoms with E-state index in [1.807, 2.05) is 0 Å². The molecular formula is C20H24O20P4. The Morgan fingerprint density at radius 2 is 0.659 bits per heavy atom. The fourth-order valence-electron chi connectivity index (χ4n) is 4.04. The maximum Gasteiger partial charge on any atom is 0.470 e. The highest BCUT2D eigenvalue weighted by molar-refractivity contribution is 7.47. The lowest BCUT2D eigenvalue weighted by molar-refractivity contribution is -0.209. The lowest BCUT2D eigenvalue weighted by Gasteiger charge is -2.47. The van der Waals surface area contributed by atoms with E-state index >= 15 is 0 Å². The van der Waals surface area contributed by atoms with Crippen LogP contribution in [0.3, 0.4) is 0 Å². The predicted octanol–water partition coefficient (Wildman–Crippen LogP) is 0.363. The van der Waals surface area contributed by atoms with Crippen molar-refractivity contribution in [2.45, 2.75) is 36.6 Å². The molecule has 0 aliphatic heterocycles. The van der Waals surface area contributed by atoms with Gasteiger partial charge in [0.15, 0.2) is 12.2 Å². The molecule has 0 amide bonds. The Labute approximate surface area is 246 Å². The summed E-state index contributed by atoms with van der Waals surface area (Å²) in [6.45, 7) is 0. The van der Waals surface area contributed by atoms with Gasteiger partial charge in [-0.1, -0.05) is 36.4 Å². The zero-order valence-electron chi connectivity index (χ0n) is 21.5. The van der Waals surface area contributed by atoms with E-state index in [-0.39, 0.29) is 11.1 Å². The summed E-state index contributed by atoms with van der Waals surface area (Å²) in [5.41, 5.74) is -0.590. The van der Waals surface area contributed by atoms with E-state index in [0.717, 1.165) is 24.3 Å². The summed E-state index contributed by atoms with van der Waals surface area (Å²) in [6.07, 6.45) is -16.3. The van der Waals surface area contributed by atoms with Crippen molar-refractivity contribution >= 4 is 43.2 Å². The van der Waals surface area contributed by atoms with Crippen molar-refractivity contribution in [2.75, 3.05) is 0 Å². The summed E-state index contributed by atoms with van der Waals surface area (Å²) in [7, 11) is -23.5. The van der Waals surface area contributed by atoms with Gasteiger partial charge in [-0.05, 0) is 24.3 Å². The van der Waals surface area contributed by atoms with Crippen molar-refractivity contribution in [3.05, 3.63) is 71.8 Å². The maximum atomic E-state index is 13.0. The molecule has 2 aromatic carbocycles. The van der Waals surface area contributed by atoms with Gasteiger partial charge in [0.25, 0.3) is 0 Å². The number of ether oxygens (including phenoxy) is 2. The second kappa shape index (κ2) is 14.1. The second-order valence-electron chi connectivity index (χ2n) is 8.71. The number of carbonyl (C=O) groups is 2. The van der Waals surface area contributed by atoms with Gasteiger partial charge in [-0.25, -0.2) is 27.8 Å². The molecule has 2 aromatic rings. The van der Waals surface area contributed by atoms with Crippen LogP contribution < -0.4 is 0 Å². The van der Waals surface area contributed by atoms with Gasteiger partial charge in [0.1, 0.15) is 24.4 Å². The molecule has 1 fully saturated rings. The number of carbonyl (C=O) groups excluding carboxylic acids is 2. The van der Waals surface area contributed by atoms with E-state index in [4.69, 9.17) is 9.47 Å². The summed E-state index contributed by atoms with van der Waals surface area (Å²) < 4.78 is 76.5. The Morgan fingerprint density at radius 3 is 0.909 bits per heavy atom. The van der Waals surface area contributed by atoms with E-state index in [1.54, 1.807) is 0 Å². The topological polar surface area (TPSA) is 320 Å². The quantitative estimate of drug-likeness (QED) is 0.109. The Kier molecular flexibility index (Phi) is 11.6. The normalized spacial score (nSPS) is 24.8. The zero-order chi connectivity index (χ0) is 33.1. The maximum absolute atomic E-state index is 13.0. The van der Waals surface area contributed by atoms with Crippen molar-refractivity contribution in [3.8, 4) is 0 Å². The SMILES string of the molecule is O=C(O[C@@H]1C(OP(=O)(O)O)[C@H](OC(=O)c2ccccc2)[C@@H](OP(=O)(O)O)C(OP(=O)(O)O)[C@@H]1OP(=O)(O)O)c1ccccc1. The molecule has 0 bridgehead atoms. The summed E-state index contributed by atoms with van der Waals surface area (Å²) in [4.78, 5) is 103. The third kappa shape index (κ3) is 11.0. The molecule has 20 nitrogen and oxygen atoms in total. The van der Waals surface area contributed by atoms with Gasteiger partial charge in [0.2, 0.25) is 0 Å². The highest BCUT2D eigenvalue weighted by atomic mass is 31.2. The zero-order valence-corrected chi connectivity index (χ0v) is 25.1. The van der Waals surface area contributed by atoms with Gasteiger partial charge in [0, 0.05) is 0 Å². The molecule has 0 radical (unpaired) electrons. The molecule has 244 valence electrons. The Balaban J connectivity index is 2.30. The predicted molar refractivity (Wildman–Crippen MR) is 139 cm³/mol. The standard InChI is InChI=1S/C20H24O20P4/c21-19(11-7-3-1-4-8-11)35-13-15(37-41(23,24)25)14(36-20(22)12-9-5-2-6-10-12)17(39-43(29,30)31)18(40-44(32,33)34)16(13)38-42(26,27)28/h1-10,13-18H,(H2,23,24,25)(H2,26,27,28)(H2,29,30,31)(H2,32,33,34)/t13-,14+,15?,16-,17-,18?/m1/s1. The van der Waals surface area contributed by atoms with E-state index in [9.17, 15) is 67.0 Å². The summed E-state index contributed by atoms with van der Waals surface area (Å²) in [5.74, 6) is -2.82. The van der Waals surface area contributed by atoms with E-state index in [0.29, 0.717) is 0 Å². The first-order valence-electron chi connectivity index (χ1n) is 11.6. The average Bonchev–Trinajstić information content (AvgIpc) is 2.88. The Bertz CT molecular complexity index is 1410. The molecule has 0 saturated heterocycles. The van der Waals surface area contributed by atoms with Crippen LogP contribution in [0.1, 0.15) is 20.7 Å². The average molecular weight is 708 g/mol. The molecule has 24 heteroatoms. The minimum atomic E-state index is -5.88. The summed E-state index contributed by atoms with van der Waals surface area (Å²) in [5, 5.41) is 0. The molecule has 1 saturated carbocycles. The number of hydrogen-bond acceptors (Lipinski definition) is 12. The van der Waals surface area contributed by atoms with Crippen molar-refractivity contribution in [1.29, 1.82) is 0 Å². The van der Waals surface area contributed by atoms with Crippen LogP contribution in [0.2, 0.25) is 0 Å². The number of phosphoric acid groups is 4. The van der Waals surface area contributed by atoms with Crippen LogP contribution in [0.5, 0.6) is 0 Å². The molecule has 0 aromatic heterocycles. The van der Waals surface area contributed by atoms with Gasteiger partial charge in [0.05, 0.1) is 11.1 Å². The van der Waals surface area contributed by atoms with Crippen LogP contribution in [-0.4, -0.2) is 87.7 Å². The lowest BCUT2D eigenvalue weighted by atomic mass is 9.84. The van der Waals surface area contributed by atoms with Crippen molar-refractivity contribution in [3.63, 3.8) is 0 Å². The molecule has 44 heavy (non-hydrogen) atoms. The van der Waals surface area contributed by atoms with Gasteiger partial charge >= 0.3 is 43.2 Å². The van der Waals surface area contributed by atoms with Crippen molar-refractivity contribution in [1.82, 2.24) is 0 Å². The van der Waals surface area contributed by atoms with Crippen LogP contribution in [0.4, 0.5) is 0 Å². The van der Waals surface area contributed by atoms with E-state index in [1.165, 1.54) is 36.4 Å². The van der Waals surface area contributed by atoms with Crippen LogP contribution in [0.25, 0.3) is 0 Å². The third-order valence-corrected chi connectivity index (χ3v) is 7.56. The molecule has 2 unspecified atom stereocenters. The van der Waals surface area contributed by atoms with Gasteiger partial charge in [-0.3, -0.25) is 18.1 Å². The van der Waals surface area contributed by atoms with Crippen LogP contribution >= 0.6 is 31.3 Å². The fourth-order valence-corrected chi connectivity index (χ4v) is 6.26. The minimum absolute atomic E-state index is 0.295.